The smallest absolute Gasteiger partial charge is 0.363 e. The number of amides is 2. The first-order chi connectivity index (χ1) is 11.3. The number of urea groups is 1. The third kappa shape index (κ3) is 3.03. The van der Waals surface area contributed by atoms with Crippen LogP contribution in [0.25, 0.3) is 0 Å². The predicted octanol–water partition coefficient (Wildman–Crippen LogP) is 2.38. The van der Waals surface area contributed by atoms with Gasteiger partial charge in [0, 0.05) is 7.05 Å². The summed E-state index contributed by atoms with van der Waals surface area (Å²) in [5.41, 5.74) is -4.52. The number of nitrogens with zero attached hydrogens (tertiary/aromatic N) is 1. The zero-order chi connectivity index (χ0) is 19.2. The summed E-state index contributed by atoms with van der Waals surface area (Å²) in [6.07, 6.45) is -11.4. The molecule has 138 valence electrons. The molecule has 1 fully saturated rings. The number of Topliss-reactive ketones (excluding diaryl/α,β-unsaturated/α-hetero) is 1. The number of hydrogen-bond acceptors (Lipinski definition) is 3. The molecule has 2 N–H and O–H groups in total. The summed E-state index contributed by atoms with van der Waals surface area (Å²) in [5, 5.41) is 12.0. The van der Waals surface area contributed by atoms with Gasteiger partial charge in [0.15, 0.2) is 0 Å². The number of alkyl halides is 6. The van der Waals surface area contributed by atoms with Crippen molar-refractivity contribution < 1.29 is 41.0 Å². The molecular weight excluding hydrogens is 358 g/mol. The fourth-order valence-corrected chi connectivity index (χ4v) is 2.72. The van der Waals surface area contributed by atoms with Crippen LogP contribution in [-0.4, -0.2) is 46.9 Å². The van der Waals surface area contributed by atoms with E-state index in [-0.39, 0.29) is 10.5 Å². The van der Waals surface area contributed by atoms with Gasteiger partial charge in [-0.15, -0.1) is 0 Å². The van der Waals surface area contributed by atoms with Gasteiger partial charge in [0.1, 0.15) is 5.92 Å². The maximum Gasteiger partial charge on any atom is 0.450 e. The first kappa shape index (κ1) is 19.0. The molecular formula is C14H12F6N2O3. The Hall–Kier alpha value is -2.30. The Bertz CT molecular complexity index is 675. The van der Waals surface area contributed by atoms with Gasteiger partial charge in [-0.1, -0.05) is 30.3 Å². The minimum absolute atomic E-state index is 0.186. The predicted molar refractivity (Wildman–Crippen MR) is 71.0 cm³/mol. The van der Waals surface area contributed by atoms with Gasteiger partial charge in [-0.05, 0) is 5.56 Å². The molecule has 0 saturated carbocycles. The summed E-state index contributed by atoms with van der Waals surface area (Å²) in [6, 6.07) is 2.85. The Labute approximate surface area is 137 Å². The van der Waals surface area contributed by atoms with Gasteiger partial charge in [-0.2, -0.15) is 26.3 Å². The maximum absolute atomic E-state index is 13.4. The molecule has 1 aliphatic heterocycles. The highest BCUT2D eigenvalue weighted by atomic mass is 19.4. The molecule has 25 heavy (non-hydrogen) atoms. The van der Waals surface area contributed by atoms with Crippen molar-refractivity contribution in [3.63, 3.8) is 0 Å². The third-order valence-electron chi connectivity index (χ3n) is 4.00. The zero-order valence-corrected chi connectivity index (χ0v) is 12.5. The fourth-order valence-electron chi connectivity index (χ4n) is 2.72. The Balaban J connectivity index is 2.70. The van der Waals surface area contributed by atoms with E-state index in [1.54, 1.807) is 0 Å². The van der Waals surface area contributed by atoms with Crippen molar-refractivity contribution in [1.82, 2.24) is 10.2 Å². The molecule has 1 saturated heterocycles. The second-order valence-corrected chi connectivity index (χ2v) is 5.46. The number of benzene rings is 1. The molecule has 2 rings (SSSR count). The van der Waals surface area contributed by atoms with Crippen LogP contribution in [0.5, 0.6) is 0 Å². The van der Waals surface area contributed by atoms with Crippen LogP contribution in [0.1, 0.15) is 11.6 Å². The van der Waals surface area contributed by atoms with Gasteiger partial charge >= 0.3 is 18.4 Å². The fraction of sp³-hybridized carbons (Fsp3) is 0.429. The Kier molecular flexibility index (Phi) is 4.49. The molecule has 0 aliphatic carbocycles. The first-order valence-electron chi connectivity index (χ1n) is 6.81. The van der Waals surface area contributed by atoms with E-state index in [9.17, 15) is 41.0 Å². The van der Waals surface area contributed by atoms with Crippen molar-refractivity contribution in [2.45, 2.75) is 24.1 Å². The van der Waals surface area contributed by atoms with E-state index in [0.29, 0.717) is 7.05 Å². The third-order valence-corrected chi connectivity index (χ3v) is 4.00. The number of rotatable bonds is 2. The van der Waals surface area contributed by atoms with E-state index in [2.05, 4.69) is 0 Å². The van der Waals surface area contributed by atoms with Crippen molar-refractivity contribution in [2.24, 2.45) is 5.92 Å². The second-order valence-electron chi connectivity index (χ2n) is 5.46. The van der Waals surface area contributed by atoms with Crippen LogP contribution in [0.4, 0.5) is 31.1 Å². The lowest BCUT2D eigenvalue weighted by Crippen LogP contribution is -2.73. The quantitative estimate of drug-likeness (QED) is 0.786. The number of ketones is 1. The summed E-state index contributed by atoms with van der Waals surface area (Å²) in [6.45, 7) is 0. The summed E-state index contributed by atoms with van der Waals surface area (Å²) in [5.74, 6) is -5.84. The van der Waals surface area contributed by atoms with Crippen molar-refractivity contribution in [3.8, 4) is 0 Å². The molecule has 0 spiro atoms. The van der Waals surface area contributed by atoms with Gasteiger partial charge in [-0.3, -0.25) is 9.69 Å². The number of carbonyl (C=O) groups excluding carboxylic acids is 2. The number of nitrogens with one attached hydrogen (secondary N) is 1. The Morgan fingerprint density at radius 1 is 1.16 bits per heavy atom. The lowest BCUT2D eigenvalue weighted by Gasteiger charge is -2.49. The highest BCUT2D eigenvalue weighted by Crippen LogP contribution is 2.48. The van der Waals surface area contributed by atoms with Crippen LogP contribution >= 0.6 is 0 Å². The number of aliphatic hydroxyl groups is 1. The zero-order valence-electron chi connectivity index (χ0n) is 12.5. The first-order valence-corrected chi connectivity index (χ1v) is 6.81. The monoisotopic (exact) mass is 370 g/mol. The normalized spacial score (nSPS) is 27.8. The van der Waals surface area contributed by atoms with Crippen molar-refractivity contribution in [3.05, 3.63) is 35.9 Å². The summed E-state index contributed by atoms with van der Waals surface area (Å²) in [4.78, 5) is 23.2. The van der Waals surface area contributed by atoms with Crippen LogP contribution in [0.15, 0.2) is 30.3 Å². The van der Waals surface area contributed by atoms with Crippen molar-refractivity contribution in [1.29, 1.82) is 0 Å². The Morgan fingerprint density at radius 3 is 2.12 bits per heavy atom. The maximum atomic E-state index is 13.4. The highest BCUT2D eigenvalue weighted by Gasteiger charge is 2.71. The summed E-state index contributed by atoms with van der Waals surface area (Å²) in [7, 11) is 0.459. The highest BCUT2D eigenvalue weighted by molar-refractivity contribution is 5.91. The minimum atomic E-state index is -5.71. The van der Waals surface area contributed by atoms with Crippen LogP contribution in [0.3, 0.4) is 0 Å². The number of carbonyl (C=O) groups is 2. The van der Waals surface area contributed by atoms with E-state index in [0.717, 1.165) is 12.1 Å². The second kappa shape index (κ2) is 5.90. The number of halogens is 6. The molecule has 0 aromatic heterocycles. The van der Waals surface area contributed by atoms with Crippen molar-refractivity contribution >= 4 is 11.8 Å². The van der Waals surface area contributed by atoms with Gasteiger partial charge in [0.25, 0.3) is 5.72 Å². The number of hydrogen-bond donors (Lipinski definition) is 2. The van der Waals surface area contributed by atoms with E-state index < -0.39 is 41.9 Å². The molecule has 1 aliphatic rings. The topological polar surface area (TPSA) is 69.6 Å². The van der Waals surface area contributed by atoms with E-state index in [1.807, 2.05) is 5.32 Å². The van der Waals surface area contributed by atoms with Crippen LogP contribution < -0.4 is 5.32 Å². The molecule has 0 radical (unpaired) electrons. The molecule has 1 heterocycles. The SMILES string of the molecule is CN1C(=O)N[C@H](c2ccccc2)[C@@H](C(=O)C(F)(F)F)[C@@]1(O)C(F)(F)F. The van der Waals surface area contributed by atoms with Crippen LogP contribution in [0.2, 0.25) is 0 Å². The molecule has 5 nitrogen and oxygen atoms in total. The molecule has 11 heteroatoms. The van der Waals surface area contributed by atoms with Crippen molar-refractivity contribution in [2.75, 3.05) is 7.05 Å². The lowest BCUT2D eigenvalue weighted by molar-refractivity contribution is -0.328. The molecule has 0 bridgehead atoms. The van der Waals surface area contributed by atoms with Gasteiger partial charge < -0.3 is 10.4 Å². The summed E-state index contributed by atoms with van der Waals surface area (Å²) >= 11 is 0. The molecule has 2 amide bonds. The van der Waals surface area contributed by atoms with E-state index in [1.165, 1.54) is 18.2 Å². The standard InChI is InChI=1S/C14H12F6N2O3/c1-22-11(24)21-9(7-5-3-2-4-6-7)8(10(23)13(15,16)17)12(22,25)14(18,19)20/h2-6,8-9,25H,1H3,(H,21,24)/t8-,9+,12+/m0/s1. The van der Waals surface area contributed by atoms with Crippen LogP contribution in [0, 0.1) is 5.92 Å². The minimum Gasteiger partial charge on any atom is -0.363 e. The van der Waals surface area contributed by atoms with E-state index >= 15 is 0 Å². The van der Waals surface area contributed by atoms with Gasteiger partial charge in [-0.25, -0.2) is 4.79 Å². The Morgan fingerprint density at radius 2 is 1.68 bits per heavy atom. The molecule has 3 atom stereocenters. The molecule has 0 unspecified atom stereocenters. The van der Waals surface area contributed by atoms with Gasteiger partial charge in [0.05, 0.1) is 6.04 Å². The average molecular weight is 370 g/mol. The lowest BCUT2D eigenvalue weighted by atomic mass is 9.78. The van der Waals surface area contributed by atoms with Crippen LogP contribution in [-0.2, 0) is 4.79 Å². The molecule has 1 aromatic carbocycles. The summed E-state index contributed by atoms with van der Waals surface area (Å²) < 4.78 is 79.1. The van der Waals surface area contributed by atoms with E-state index in [4.69, 9.17) is 0 Å². The largest absolute Gasteiger partial charge is 0.450 e. The van der Waals surface area contributed by atoms with Gasteiger partial charge in [0.2, 0.25) is 5.78 Å². The molecule has 1 aromatic rings. The average Bonchev–Trinajstić information content (AvgIpc) is 2.50.